The van der Waals surface area contributed by atoms with Crippen molar-refractivity contribution in [3.05, 3.63) is 0 Å². The maximum Gasteiger partial charge on any atom is 0.293 e. The van der Waals surface area contributed by atoms with E-state index in [-0.39, 0.29) is 12.9 Å². The van der Waals surface area contributed by atoms with Gasteiger partial charge in [0, 0.05) is 6.42 Å². The topological polar surface area (TPSA) is 26.3 Å². The zero-order valence-corrected chi connectivity index (χ0v) is 8.06. The molecular formula is C9H16F2O2. The monoisotopic (exact) mass is 194 g/mol. The highest BCUT2D eigenvalue weighted by molar-refractivity contribution is 5.37. The van der Waals surface area contributed by atoms with Crippen molar-refractivity contribution < 1.29 is 18.3 Å². The predicted molar refractivity (Wildman–Crippen MR) is 45.7 cm³/mol. The number of hydrogen-bond acceptors (Lipinski definition) is 2. The maximum atomic E-state index is 12.5. The number of hydrogen-bond donors (Lipinski definition) is 0. The van der Waals surface area contributed by atoms with Gasteiger partial charge in [-0.1, -0.05) is 19.8 Å². The average Bonchev–Trinajstić information content (AvgIpc) is 1.98. The zero-order chi connectivity index (χ0) is 10.3. The minimum absolute atomic E-state index is 0.242. The number of unbranched alkanes of at least 4 members (excludes halogenated alkanes) is 1. The summed E-state index contributed by atoms with van der Waals surface area (Å²) >= 11 is 0. The van der Waals surface area contributed by atoms with Gasteiger partial charge in [-0.3, -0.25) is 4.79 Å². The Bertz CT molecular complexity index is 143. The fourth-order valence-corrected chi connectivity index (χ4v) is 1.13. The summed E-state index contributed by atoms with van der Waals surface area (Å²) in [6.45, 7) is 3.04. The van der Waals surface area contributed by atoms with Crippen molar-refractivity contribution in [2.75, 3.05) is 0 Å². The van der Waals surface area contributed by atoms with Crippen LogP contribution < -0.4 is 0 Å². The highest BCUT2D eigenvalue weighted by atomic mass is 19.3. The summed E-state index contributed by atoms with van der Waals surface area (Å²) in [4.78, 5) is 10.00. The average molecular weight is 194 g/mol. The normalized spacial score (nSPS) is 13.8. The van der Waals surface area contributed by atoms with E-state index < -0.39 is 12.0 Å². The first kappa shape index (κ1) is 12.3. The predicted octanol–water partition coefficient (Wildman–Crippen LogP) is 2.76. The van der Waals surface area contributed by atoms with E-state index in [1.807, 2.05) is 6.92 Å². The Morgan fingerprint density at radius 3 is 2.54 bits per heavy atom. The van der Waals surface area contributed by atoms with Crippen LogP contribution in [0.2, 0.25) is 0 Å². The first-order valence-electron chi connectivity index (χ1n) is 4.46. The highest BCUT2D eigenvalue weighted by Gasteiger charge is 2.27. The van der Waals surface area contributed by atoms with Crippen molar-refractivity contribution >= 4 is 6.47 Å². The SMILES string of the molecule is CCCCC(CC(C)(F)F)OC=O. The van der Waals surface area contributed by atoms with E-state index in [4.69, 9.17) is 0 Å². The smallest absolute Gasteiger partial charge is 0.293 e. The van der Waals surface area contributed by atoms with Gasteiger partial charge in [0.05, 0.1) is 0 Å². The summed E-state index contributed by atoms with van der Waals surface area (Å²) in [6, 6.07) is 0. The molecule has 0 fully saturated rings. The van der Waals surface area contributed by atoms with E-state index in [1.54, 1.807) is 0 Å². The molecule has 0 rings (SSSR count). The Balaban J connectivity index is 3.86. The summed E-state index contributed by atoms with van der Waals surface area (Å²) in [5.74, 6) is -2.76. The molecule has 1 unspecified atom stereocenters. The Morgan fingerprint density at radius 2 is 2.15 bits per heavy atom. The molecule has 0 bridgehead atoms. The van der Waals surface area contributed by atoms with Gasteiger partial charge in [-0.15, -0.1) is 0 Å². The molecule has 4 heteroatoms. The number of rotatable bonds is 7. The van der Waals surface area contributed by atoms with Gasteiger partial charge in [0.15, 0.2) is 0 Å². The van der Waals surface area contributed by atoms with Gasteiger partial charge in [0.2, 0.25) is 5.92 Å². The zero-order valence-electron chi connectivity index (χ0n) is 8.06. The summed E-state index contributed by atoms with van der Waals surface area (Å²) in [6.07, 6.45) is 1.20. The molecule has 0 aliphatic carbocycles. The molecule has 0 saturated carbocycles. The number of alkyl halides is 2. The molecule has 0 amide bonds. The van der Waals surface area contributed by atoms with Gasteiger partial charge in [0.25, 0.3) is 6.47 Å². The molecule has 0 heterocycles. The Morgan fingerprint density at radius 1 is 1.54 bits per heavy atom. The van der Waals surface area contributed by atoms with E-state index >= 15 is 0 Å². The molecule has 0 aromatic rings. The Hall–Kier alpha value is -0.670. The van der Waals surface area contributed by atoms with E-state index in [9.17, 15) is 13.6 Å². The van der Waals surface area contributed by atoms with Crippen LogP contribution in [0.25, 0.3) is 0 Å². The fourth-order valence-electron chi connectivity index (χ4n) is 1.13. The van der Waals surface area contributed by atoms with E-state index in [1.165, 1.54) is 0 Å². The second kappa shape index (κ2) is 5.89. The van der Waals surface area contributed by atoms with Crippen LogP contribution in [0.15, 0.2) is 0 Å². The second-order valence-corrected chi connectivity index (χ2v) is 3.27. The summed E-state index contributed by atoms with van der Waals surface area (Å²) in [7, 11) is 0. The largest absolute Gasteiger partial charge is 0.464 e. The van der Waals surface area contributed by atoms with E-state index in [2.05, 4.69) is 4.74 Å². The minimum Gasteiger partial charge on any atom is -0.464 e. The molecule has 2 nitrogen and oxygen atoms in total. The van der Waals surface area contributed by atoms with Crippen LogP contribution in [0.1, 0.15) is 39.5 Å². The third kappa shape index (κ3) is 7.68. The van der Waals surface area contributed by atoms with Crippen LogP contribution in [-0.4, -0.2) is 18.5 Å². The second-order valence-electron chi connectivity index (χ2n) is 3.27. The Kier molecular flexibility index (Phi) is 5.58. The van der Waals surface area contributed by atoms with Crippen LogP contribution >= 0.6 is 0 Å². The third-order valence-corrected chi connectivity index (χ3v) is 1.71. The molecule has 0 spiro atoms. The first-order valence-corrected chi connectivity index (χ1v) is 4.46. The molecule has 0 radical (unpaired) electrons. The molecule has 0 aliphatic heterocycles. The van der Waals surface area contributed by atoms with Crippen LogP contribution in [0.4, 0.5) is 8.78 Å². The van der Waals surface area contributed by atoms with Crippen molar-refractivity contribution in [1.29, 1.82) is 0 Å². The minimum atomic E-state index is -2.76. The van der Waals surface area contributed by atoms with Gasteiger partial charge in [0.1, 0.15) is 6.10 Å². The first-order chi connectivity index (χ1) is 5.99. The molecule has 0 aromatic heterocycles. The van der Waals surface area contributed by atoms with Gasteiger partial charge in [-0.25, -0.2) is 8.78 Å². The number of halogens is 2. The van der Waals surface area contributed by atoms with E-state index in [0.29, 0.717) is 6.42 Å². The molecule has 0 aliphatic rings. The summed E-state index contributed by atoms with van der Waals surface area (Å²) in [5.41, 5.74) is 0. The van der Waals surface area contributed by atoms with E-state index in [0.717, 1.165) is 19.8 Å². The fraction of sp³-hybridized carbons (Fsp3) is 0.889. The van der Waals surface area contributed by atoms with Crippen molar-refractivity contribution in [1.82, 2.24) is 0 Å². The molecule has 0 saturated heterocycles. The maximum absolute atomic E-state index is 12.5. The quantitative estimate of drug-likeness (QED) is 0.582. The molecular weight excluding hydrogens is 178 g/mol. The van der Waals surface area contributed by atoms with Gasteiger partial charge in [-0.05, 0) is 13.3 Å². The van der Waals surface area contributed by atoms with Crippen LogP contribution in [0.5, 0.6) is 0 Å². The number of carbonyl (C=O) groups excluding carboxylic acids is 1. The summed E-state index contributed by atoms with van der Waals surface area (Å²) in [5, 5.41) is 0. The van der Waals surface area contributed by atoms with Gasteiger partial charge in [-0.2, -0.15) is 0 Å². The van der Waals surface area contributed by atoms with Crippen LogP contribution in [0, 0.1) is 0 Å². The summed E-state index contributed by atoms with van der Waals surface area (Å²) < 4.78 is 29.6. The van der Waals surface area contributed by atoms with Gasteiger partial charge >= 0.3 is 0 Å². The van der Waals surface area contributed by atoms with Crippen molar-refractivity contribution in [3.63, 3.8) is 0 Å². The van der Waals surface area contributed by atoms with Crippen LogP contribution in [0.3, 0.4) is 0 Å². The molecule has 0 N–H and O–H groups in total. The van der Waals surface area contributed by atoms with Gasteiger partial charge < -0.3 is 4.74 Å². The highest BCUT2D eigenvalue weighted by Crippen LogP contribution is 2.22. The van der Waals surface area contributed by atoms with Crippen LogP contribution in [-0.2, 0) is 9.53 Å². The number of ether oxygens (including phenoxy) is 1. The third-order valence-electron chi connectivity index (χ3n) is 1.71. The number of carbonyl (C=O) groups is 1. The molecule has 0 aromatic carbocycles. The molecule has 13 heavy (non-hydrogen) atoms. The lowest BCUT2D eigenvalue weighted by molar-refractivity contribution is -0.138. The lowest BCUT2D eigenvalue weighted by atomic mass is 10.1. The standard InChI is InChI=1S/C9H16F2O2/c1-3-4-5-8(13-7-12)6-9(2,10)11/h7-8H,3-6H2,1-2H3. The Labute approximate surface area is 77.3 Å². The lowest BCUT2D eigenvalue weighted by Gasteiger charge is -2.18. The van der Waals surface area contributed by atoms with Crippen molar-refractivity contribution in [2.24, 2.45) is 0 Å². The lowest BCUT2D eigenvalue weighted by Crippen LogP contribution is -2.23. The molecule has 78 valence electrons. The van der Waals surface area contributed by atoms with Crippen molar-refractivity contribution in [3.8, 4) is 0 Å². The molecule has 1 atom stereocenters. The van der Waals surface area contributed by atoms with Crippen molar-refractivity contribution in [2.45, 2.75) is 51.6 Å².